The fourth-order valence-corrected chi connectivity index (χ4v) is 3.33. The van der Waals surface area contributed by atoms with Gasteiger partial charge < -0.3 is 9.88 Å². The highest BCUT2D eigenvalue weighted by atomic mass is 19.1. The predicted octanol–water partition coefficient (Wildman–Crippen LogP) is 2.69. The summed E-state index contributed by atoms with van der Waals surface area (Å²) in [6.07, 6.45) is 2.95. The first-order valence-corrected chi connectivity index (χ1v) is 8.34. The maximum atomic E-state index is 13.4. The fourth-order valence-electron chi connectivity index (χ4n) is 3.33. The monoisotopic (exact) mass is 343 g/mol. The van der Waals surface area contributed by atoms with Crippen molar-refractivity contribution in [3.63, 3.8) is 0 Å². The summed E-state index contributed by atoms with van der Waals surface area (Å²) < 4.78 is 18.1. The summed E-state index contributed by atoms with van der Waals surface area (Å²) in [6, 6.07) is 4.31. The summed E-state index contributed by atoms with van der Waals surface area (Å²) >= 11 is 0. The van der Waals surface area contributed by atoms with Crippen molar-refractivity contribution in [2.24, 2.45) is 0 Å². The molecule has 1 aliphatic rings. The highest BCUT2D eigenvalue weighted by molar-refractivity contribution is 5.79. The van der Waals surface area contributed by atoms with Crippen LogP contribution in [-0.2, 0) is 11.2 Å². The normalized spacial score (nSPS) is 18.0. The first-order valence-electron chi connectivity index (χ1n) is 8.34. The molecule has 1 aliphatic heterocycles. The number of likely N-dealkylation sites (tertiary alicyclic amines) is 1. The molecule has 1 fully saturated rings. The minimum Gasteiger partial charge on any atom is -0.340 e. The van der Waals surface area contributed by atoms with Crippen LogP contribution in [0.3, 0.4) is 0 Å². The number of H-pyrrole nitrogens is 1. The van der Waals surface area contributed by atoms with E-state index in [9.17, 15) is 9.18 Å². The van der Waals surface area contributed by atoms with Crippen LogP contribution in [0.15, 0.2) is 22.8 Å². The van der Waals surface area contributed by atoms with Crippen LogP contribution < -0.4 is 0 Å². The number of fused-ring (bicyclic) bond motifs is 1. The Morgan fingerprint density at radius 2 is 2.28 bits per heavy atom. The van der Waals surface area contributed by atoms with Crippen LogP contribution in [0.4, 0.5) is 4.39 Å². The van der Waals surface area contributed by atoms with Gasteiger partial charge in [-0.2, -0.15) is 0 Å². The average molecular weight is 343 g/mol. The van der Waals surface area contributed by atoms with Crippen molar-refractivity contribution in [1.29, 1.82) is 0 Å². The number of aryl methyl sites for hydroxylation is 1. The second kappa shape index (κ2) is 6.27. The second-order valence-electron chi connectivity index (χ2n) is 6.36. The zero-order valence-electron chi connectivity index (χ0n) is 13.8. The molecule has 25 heavy (non-hydrogen) atoms. The fraction of sp³-hybridized carbons (Fsp3) is 0.412. The van der Waals surface area contributed by atoms with E-state index in [2.05, 4.69) is 24.9 Å². The van der Waals surface area contributed by atoms with Gasteiger partial charge in [0.05, 0.1) is 23.5 Å². The second-order valence-corrected chi connectivity index (χ2v) is 6.36. The molecule has 1 atom stereocenters. The lowest BCUT2D eigenvalue weighted by Gasteiger charge is -2.34. The number of aromatic nitrogens is 4. The van der Waals surface area contributed by atoms with E-state index >= 15 is 0 Å². The summed E-state index contributed by atoms with van der Waals surface area (Å²) in [5, 5.41) is 7.51. The van der Waals surface area contributed by atoms with Crippen LogP contribution in [0, 0.1) is 12.7 Å². The summed E-state index contributed by atoms with van der Waals surface area (Å²) in [7, 11) is 0. The number of nitrogens with zero attached hydrogens (tertiary/aromatic N) is 4. The molecule has 2 aromatic heterocycles. The number of nitrogens with one attached hydrogen (secondary N) is 1. The Bertz CT molecular complexity index is 919. The number of carbonyl (C=O) groups excluding carboxylic acids is 1. The van der Waals surface area contributed by atoms with E-state index in [0.717, 1.165) is 19.3 Å². The van der Waals surface area contributed by atoms with Crippen LogP contribution >= 0.6 is 0 Å². The molecular weight excluding hydrogens is 325 g/mol. The predicted molar refractivity (Wildman–Crippen MR) is 87.1 cm³/mol. The maximum Gasteiger partial charge on any atom is 0.229 e. The number of hydrogen-bond donors (Lipinski definition) is 1. The standard InChI is InChI=1S/C17H18FN5O2/c1-10-13(22-25-21-10)9-16(24)23-7-3-2-4-15(23)17-19-12-6-5-11(18)8-14(12)20-17/h5-6,8,15H,2-4,7,9H2,1H3,(H,19,20). The van der Waals surface area contributed by atoms with Crippen molar-refractivity contribution in [1.82, 2.24) is 25.2 Å². The van der Waals surface area contributed by atoms with Gasteiger partial charge in [0.2, 0.25) is 5.91 Å². The topological polar surface area (TPSA) is 87.9 Å². The smallest absolute Gasteiger partial charge is 0.229 e. The molecule has 0 aliphatic carbocycles. The molecule has 3 aromatic rings. The number of hydrogen-bond acceptors (Lipinski definition) is 5. The lowest BCUT2D eigenvalue weighted by molar-refractivity contribution is -0.134. The quantitative estimate of drug-likeness (QED) is 0.790. The van der Waals surface area contributed by atoms with Crippen LogP contribution in [0.2, 0.25) is 0 Å². The molecule has 3 heterocycles. The third-order valence-electron chi connectivity index (χ3n) is 4.67. The molecule has 130 valence electrons. The lowest BCUT2D eigenvalue weighted by Crippen LogP contribution is -2.40. The molecule has 8 heteroatoms. The summed E-state index contributed by atoms with van der Waals surface area (Å²) in [6.45, 7) is 2.43. The minimum atomic E-state index is -0.312. The molecular formula is C17H18FN5O2. The van der Waals surface area contributed by atoms with Gasteiger partial charge in [-0.15, -0.1) is 0 Å². The Labute approximate surface area is 143 Å². The zero-order valence-corrected chi connectivity index (χ0v) is 13.8. The van der Waals surface area contributed by atoms with Crippen molar-refractivity contribution in [3.8, 4) is 0 Å². The molecule has 1 aromatic carbocycles. The van der Waals surface area contributed by atoms with Gasteiger partial charge in [0.15, 0.2) is 0 Å². The van der Waals surface area contributed by atoms with Gasteiger partial charge in [-0.25, -0.2) is 14.0 Å². The van der Waals surface area contributed by atoms with E-state index in [0.29, 0.717) is 34.8 Å². The first-order chi connectivity index (χ1) is 12.1. The Kier molecular flexibility index (Phi) is 3.95. The van der Waals surface area contributed by atoms with E-state index in [1.807, 2.05) is 4.90 Å². The Morgan fingerprint density at radius 1 is 1.40 bits per heavy atom. The number of amides is 1. The van der Waals surface area contributed by atoms with Gasteiger partial charge in [-0.3, -0.25) is 4.79 Å². The molecule has 1 unspecified atom stereocenters. The highest BCUT2D eigenvalue weighted by Gasteiger charge is 2.31. The third-order valence-corrected chi connectivity index (χ3v) is 4.67. The summed E-state index contributed by atoms with van der Waals surface area (Å²) in [5.74, 6) is 0.354. The van der Waals surface area contributed by atoms with E-state index in [-0.39, 0.29) is 24.2 Å². The van der Waals surface area contributed by atoms with Gasteiger partial charge in [0, 0.05) is 6.54 Å². The third kappa shape index (κ3) is 2.99. The van der Waals surface area contributed by atoms with Crippen LogP contribution in [0.5, 0.6) is 0 Å². The molecule has 0 saturated carbocycles. The van der Waals surface area contributed by atoms with Gasteiger partial charge >= 0.3 is 0 Å². The van der Waals surface area contributed by atoms with Crippen LogP contribution in [0.1, 0.15) is 42.5 Å². The zero-order chi connectivity index (χ0) is 17.4. The molecule has 0 bridgehead atoms. The van der Waals surface area contributed by atoms with E-state index < -0.39 is 0 Å². The van der Waals surface area contributed by atoms with Gasteiger partial charge in [-0.05, 0) is 44.4 Å². The molecule has 7 nitrogen and oxygen atoms in total. The van der Waals surface area contributed by atoms with Crippen LogP contribution in [0.25, 0.3) is 11.0 Å². The molecule has 1 saturated heterocycles. The number of carbonyl (C=O) groups is 1. The van der Waals surface area contributed by atoms with Crippen LogP contribution in [-0.4, -0.2) is 37.6 Å². The number of benzene rings is 1. The van der Waals surface area contributed by atoms with Gasteiger partial charge in [0.1, 0.15) is 23.0 Å². The number of halogens is 1. The van der Waals surface area contributed by atoms with Crippen molar-refractivity contribution in [2.75, 3.05) is 6.54 Å². The van der Waals surface area contributed by atoms with E-state index in [4.69, 9.17) is 0 Å². The van der Waals surface area contributed by atoms with Crippen molar-refractivity contribution in [2.45, 2.75) is 38.6 Å². The number of rotatable bonds is 3. The molecule has 0 spiro atoms. The molecule has 4 rings (SSSR count). The van der Waals surface area contributed by atoms with Crippen molar-refractivity contribution < 1.29 is 13.8 Å². The summed E-state index contributed by atoms with van der Waals surface area (Å²) in [5.41, 5.74) is 2.53. The maximum absolute atomic E-state index is 13.4. The van der Waals surface area contributed by atoms with E-state index in [1.165, 1.54) is 12.1 Å². The number of imidazole rings is 1. The average Bonchev–Trinajstić information content (AvgIpc) is 3.20. The first kappa shape index (κ1) is 15.7. The summed E-state index contributed by atoms with van der Waals surface area (Å²) in [4.78, 5) is 22.3. The van der Waals surface area contributed by atoms with Gasteiger partial charge in [-0.1, -0.05) is 10.3 Å². The minimum absolute atomic E-state index is 0.0323. The highest BCUT2D eigenvalue weighted by Crippen LogP contribution is 2.31. The number of aromatic amines is 1. The Balaban J connectivity index is 1.61. The SMILES string of the molecule is Cc1nonc1CC(=O)N1CCCCC1c1nc2ccc(F)cc2[nH]1. The molecule has 0 radical (unpaired) electrons. The van der Waals surface area contributed by atoms with Crippen molar-refractivity contribution >= 4 is 16.9 Å². The van der Waals surface area contributed by atoms with E-state index in [1.54, 1.807) is 13.0 Å². The molecule has 1 N–H and O–H groups in total. The van der Waals surface area contributed by atoms with Crippen molar-refractivity contribution in [3.05, 3.63) is 41.2 Å². The molecule has 1 amide bonds. The van der Waals surface area contributed by atoms with Gasteiger partial charge in [0.25, 0.3) is 0 Å². The Morgan fingerprint density at radius 3 is 3.08 bits per heavy atom. The number of piperidine rings is 1. The Hall–Kier alpha value is -2.77. The largest absolute Gasteiger partial charge is 0.340 e. The lowest BCUT2D eigenvalue weighted by atomic mass is 10.0.